The molecule has 0 unspecified atom stereocenters. The van der Waals surface area contributed by atoms with E-state index in [1.807, 2.05) is 6.92 Å². The number of aryl methyl sites for hydroxylation is 1. The highest BCUT2D eigenvalue weighted by molar-refractivity contribution is 7.92. The van der Waals surface area contributed by atoms with Crippen molar-refractivity contribution in [1.82, 2.24) is 0 Å². The Labute approximate surface area is 192 Å². The molecule has 8 nitrogen and oxygen atoms in total. The Kier molecular flexibility index (Phi) is 6.15. The van der Waals surface area contributed by atoms with Crippen molar-refractivity contribution in [2.45, 2.75) is 17.9 Å². The number of methoxy groups -OCH3 is 2. The maximum Gasteiger partial charge on any atom is 0.267 e. The molecule has 0 spiro atoms. The molecule has 0 aliphatic carbocycles. The molecule has 0 saturated heterocycles. The number of sulfonamides is 1. The average molecular weight is 469 g/mol. The van der Waals surface area contributed by atoms with E-state index in [1.54, 1.807) is 66.7 Å². The van der Waals surface area contributed by atoms with Crippen molar-refractivity contribution < 1.29 is 27.4 Å². The van der Waals surface area contributed by atoms with Gasteiger partial charge in [0.05, 0.1) is 37.0 Å². The summed E-state index contributed by atoms with van der Waals surface area (Å²) >= 11 is 0. The number of ether oxygens (including phenoxy) is 3. The van der Waals surface area contributed by atoms with Crippen molar-refractivity contribution in [2.75, 3.05) is 30.4 Å². The topological polar surface area (TPSA) is 94.2 Å². The summed E-state index contributed by atoms with van der Waals surface area (Å²) in [7, 11) is -0.910. The molecule has 0 saturated carbocycles. The molecule has 3 aromatic carbocycles. The summed E-state index contributed by atoms with van der Waals surface area (Å²) in [5, 5.41) is 2.77. The number of fused-ring (bicyclic) bond motifs is 1. The van der Waals surface area contributed by atoms with Crippen LogP contribution >= 0.6 is 0 Å². The lowest BCUT2D eigenvalue weighted by Crippen LogP contribution is -2.48. The Hall–Kier alpha value is -3.72. The molecule has 1 N–H and O–H groups in total. The van der Waals surface area contributed by atoms with Crippen molar-refractivity contribution in [2.24, 2.45) is 0 Å². The van der Waals surface area contributed by atoms with Crippen LogP contribution < -0.4 is 23.8 Å². The Morgan fingerprint density at radius 2 is 1.76 bits per heavy atom. The van der Waals surface area contributed by atoms with Crippen LogP contribution in [0.1, 0.15) is 5.56 Å². The third kappa shape index (κ3) is 4.45. The monoisotopic (exact) mass is 468 g/mol. The fourth-order valence-electron chi connectivity index (χ4n) is 3.52. The lowest BCUT2D eigenvalue weighted by molar-refractivity contribution is -0.122. The zero-order valence-corrected chi connectivity index (χ0v) is 19.3. The van der Waals surface area contributed by atoms with Gasteiger partial charge in [-0.1, -0.05) is 29.8 Å². The first-order valence-corrected chi connectivity index (χ1v) is 11.7. The zero-order valence-electron chi connectivity index (χ0n) is 18.4. The van der Waals surface area contributed by atoms with Gasteiger partial charge in [-0.3, -0.25) is 9.10 Å². The summed E-state index contributed by atoms with van der Waals surface area (Å²) in [5.41, 5.74) is 1.74. The Morgan fingerprint density at radius 3 is 2.45 bits per heavy atom. The van der Waals surface area contributed by atoms with E-state index >= 15 is 0 Å². The molecular weight excluding hydrogens is 444 g/mol. The summed E-state index contributed by atoms with van der Waals surface area (Å²) < 4.78 is 44.5. The van der Waals surface area contributed by atoms with Gasteiger partial charge >= 0.3 is 0 Å². The van der Waals surface area contributed by atoms with Gasteiger partial charge < -0.3 is 19.5 Å². The van der Waals surface area contributed by atoms with Gasteiger partial charge in [-0.05, 0) is 43.3 Å². The molecular formula is C24H24N2O6S. The van der Waals surface area contributed by atoms with E-state index in [0.29, 0.717) is 28.6 Å². The largest absolute Gasteiger partial charge is 0.497 e. The molecule has 3 aromatic rings. The second-order valence-electron chi connectivity index (χ2n) is 7.48. The van der Waals surface area contributed by atoms with Gasteiger partial charge in [0.15, 0.2) is 6.10 Å². The molecule has 1 aliphatic heterocycles. The van der Waals surface area contributed by atoms with Crippen LogP contribution in [0.15, 0.2) is 71.6 Å². The quantitative estimate of drug-likeness (QED) is 0.594. The molecule has 172 valence electrons. The summed E-state index contributed by atoms with van der Waals surface area (Å²) in [6, 6.07) is 18.3. The van der Waals surface area contributed by atoms with Crippen LogP contribution in [-0.4, -0.2) is 41.2 Å². The molecule has 4 rings (SSSR count). The highest BCUT2D eigenvalue weighted by Gasteiger charge is 2.37. The third-order valence-electron chi connectivity index (χ3n) is 5.30. The number of hydrogen-bond donors (Lipinski definition) is 1. The SMILES string of the molecule is COc1ccc(NC(=O)[C@H]2CN(S(=O)(=O)c3ccc(C)cc3)c3ccccc3O2)c(OC)c1. The number of anilines is 2. The van der Waals surface area contributed by atoms with Crippen molar-refractivity contribution in [3.05, 3.63) is 72.3 Å². The van der Waals surface area contributed by atoms with Crippen LogP contribution in [0.2, 0.25) is 0 Å². The number of benzene rings is 3. The van der Waals surface area contributed by atoms with Crippen molar-refractivity contribution in [3.63, 3.8) is 0 Å². The Balaban J connectivity index is 1.65. The number of hydrogen-bond acceptors (Lipinski definition) is 6. The summed E-state index contributed by atoms with van der Waals surface area (Å²) in [6.07, 6.45) is -1.08. The van der Waals surface area contributed by atoms with Crippen LogP contribution in [0.25, 0.3) is 0 Å². The van der Waals surface area contributed by atoms with Crippen LogP contribution in [0.3, 0.4) is 0 Å². The maximum absolute atomic E-state index is 13.5. The number of amides is 1. The molecule has 0 bridgehead atoms. The second kappa shape index (κ2) is 9.03. The molecule has 0 aromatic heterocycles. The van der Waals surface area contributed by atoms with E-state index in [1.165, 1.54) is 18.5 Å². The van der Waals surface area contributed by atoms with Gasteiger partial charge in [-0.15, -0.1) is 0 Å². The lowest BCUT2D eigenvalue weighted by atomic mass is 10.2. The average Bonchev–Trinajstić information content (AvgIpc) is 2.83. The van der Waals surface area contributed by atoms with E-state index in [2.05, 4.69) is 5.32 Å². The van der Waals surface area contributed by atoms with E-state index in [-0.39, 0.29) is 11.4 Å². The van der Waals surface area contributed by atoms with Crippen LogP contribution in [-0.2, 0) is 14.8 Å². The first kappa shape index (κ1) is 22.5. The number of nitrogens with one attached hydrogen (secondary N) is 1. The lowest BCUT2D eigenvalue weighted by Gasteiger charge is -2.34. The van der Waals surface area contributed by atoms with Gasteiger partial charge in [0.25, 0.3) is 15.9 Å². The molecule has 1 aliphatic rings. The van der Waals surface area contributed by atoms with Crippen molar-refractivity contribution in [3.8, 4) is 17.2 Å². The maximum atomic E-state index is 13.5. The van der Waals surface area contributed by atoms with E-state index in [0.717, 1.165) is 5.56 Å². The van der Waals surface area contributed by atoms with E-state index in [9.17, 15) is 13.2 Å². The van der Waals surface area contributed by atoms with E-state index < -0.39 is 22.0 Å². The van der Waals surface area contributed by atoms with E-state index in [4.69, 9.17) is 14.2 Å². The predicted octanol–water partition coefficient (Wildman–Crippen LogP) is 3.61. The predicted molar refractivity (Wildman–Crippen MR) is 125 cm³/mol. The molecule has 1 amide bonds. The first-order chi connectivity index (χ1) is 15.8. The van der Waals surface area contributed by atoms with Crippen molar-refractivity contribution >= 4 is 27.3 Å². The number of rotatable bonds is 6. The van der Waals surface area contributed by atoms with Crippen molar-refractivity contribution in [1.29, 1.82) is 0 Å². The molecule has 33 heavy (non-hydrogen) atoms. The zero-order chi connectivity index (χ0) is 23.6. The van der Waals surface area contributed by atoms with Crippen LogP contribution in [0.5, 0.6) is 17.2 Å². The highest BCUT2D eigenvalue weighted by Crippen LogP contribution is 2.37. The minimum atomic E-state index is -3.92. The Morgan fingerprint density at radius 1 is 1.03 bits per heavy atom. The third-order valence-corrected chi connectivity index (χ3v) is 7.10. The molecule has 1 atom stereocenters. The molecule has 9 heteroatoms. The number of carbonyl (C=O) groups is 1. The van der Waals surface area contributed by atoms with Gasteiger partial charge in [0.2, 0.25) is 0 Å². The first-order valence-electron chi connectivity index (χ1n) is 10.2. The van der Waals surface area contributed by atoms with Gasteiger partial charge in [-0.2, -0.15) is 0 Å². The molecule has 1 heterocycles. The van der Waals surface area contributed by atoms with Gasteiger partial charge in [0, 0.05) is 6.07 Å². The second-order valence-corrected chi connectivity index (χ2v) is 9.34. The normalized spacial score (nSPS) is 15.2. The fraction of sp³-hybridized carbons (Fsp3) is 0.208. The fourth-order valence-corrected chi connectivity index (χ4v) is 4.99. The number of para-hydroxylation sites is 2. The standard InChI is InChI=1S/C24H24N2O6S/c1-16-8-11-18(12-9-16)33(28,29)26-15-23(32-21-7-5-4-6-20(21)26)24(27)25-19-13-10-17(30-2)14-22(19)31-3/h4-14,23H,15H2,1-3H3,(H,25,27)/t23-/m1/s1. The highest BCUT2D eigenvalue weighted by atomic mass is 32.2. The minimum absolute atomic E-state index is 0.140. The molecule has 0 radical (unpaired) electrons. The number of nitrogens with zero attached hydrogens (tertiary/aromatic N) is 1. The summed E-state index contributed by atoms with van der Waals surface area (Å²) in [6.45, 7) is 1.70. The summed E-state index contributed by atoms with van der Waals surface area (Å²) in [4.78, 5) is 13.2. The van der Waals surface area contributed by atoms with Crippen LogP contribution in [0, 0.1) is 6.92 Å². The number of carbonyl (C=O) groups excluding carboxylic acids is 1. The minimum Gasteiger partial charge on any atom is -0.497 e. The van der Waals surface area contributed by atoms with Gasteiger partial charge in [0.1, 0.15) is 17.2 Å². The van der Waals surface area contributed by atoms with Gasteiger partial charge in [-0.25, -0.2) is 8.42 Å². The van der Waals surface area contributed by atoms with Crippen LogP contribution in [0.4, 0.5) is 11.4 Å². The Bertz CT molecular complexity index is 1270. The molecule has 0 fully saturated rings. The summed E-state index contributed by atoms with van der Waals surface area (Å²) in [5.74, 6) is 0.782. The smallest absolute Gasteiger partial charge is 0.267 e.